The van der Waals surface area contributed by atoms with Gasteiger partial charge in [-0.2, -0.15) is 12.6 Å². The molecule has 0 aromatic heterocycles. The van der Waals surface area contributed by atoms with Crippen molar-refractivity contribution < 1.29 is 4.74 Å². The Morgan fingerprint density at radius 2 is 1.79 bits per heavy atom. The molecule has 2 aliphatic carbocycles. The van der Waals surface area contributed by atoms with Crippen molar-refractivity contribution in [2.75, 3.05) is 12.4 Å². The molecule has 2 aliphatic rings. The van der Waals surface area contributed by atoms with E-state index in [0.29, 0.717) is 16.9 Å². The van der Waals surface area contributed by atoms with E-state index in [-0.39, 0.29) is 0 Å². The van der Waals surface area contributed by atoms with Gasteiger partial charge in [0, 0.05) is 5.41 Å². The van der Waals surface area contributed by atoms with Gasteiger partial charge in [0.15, 0.2) is 0 Å². The molecule has 0 saturated heterocycles. The fourth-order valence-electron chi connectivity index (χ4n) is 4.33. The third-order valence-corrected chi connectivity index (χ3v) is 5.89. The first-order valence-electron chi connectivity index (χ1n) is 8.17. The fraction of sp³-hybridized carbons (Fsp3) is 1.00. The minimum Gasteiger partial charge on any atom is -0.378 e. The molecule has 2 atom stereocenters. The lowest BCUT2D eigenvalue weighted by Gasteiger charge is -2.42. The Morgan fingerprint density at radius 3 is 2.37 bits per heavy atom. The predicted octanol–water partition coefficient (Wildman–Crippen LogP) is 5.10. The maximum absolute atomic E-state index is 6.37. The van der Waals surface area contributed by atoms with Gasteiger partial charge in [-0.3, -0.25) is 0 Å². The molecule has 2 unspecified atom stereocenters. The lowest BCUT2D eigenvalue weighted by molar-refractivity contribution is -0.0614. The van der Waals surface area contributed by atoms with E-state index in [1.165, 1.54) is 51.4 Å². The maximum Gasteiger partial charge on any atom is 0.0583 e. The van der Waals surface area contributed by atoms with E-state index in [0.717, 1.165) is 18.3 Å². The second-order valence-electron chi connectivity index (χ2n) is 8.07. The highest BCUT2D eigenvalue weighted by atomic mass is 32.1. The van der Waals surface area contributed by atoms with E-state index < -0.39 is 0 Å². The van der Waals surface area contributed by atoms with Gasteiger partial charge >= 0.3 is 0 Å². The minimum atomic E-state index is 0.381. The summed E-state index contributed by atoms with van der Waals surface area (Å²) < 4.78 is 6.37. The molecule has 0 aliphatic heterocycles. The van der Waals surface area contributed by atoms with Crippen molar-refractivity contribution >= 4 is 12.6 Å². The Kier molecular flexibility index (Phi) is 5.28. The molecule has 2 fully saturated rings. The van der Waals surface area contributed by atoms with E-state index in [4.69, 9.17) is 4.74 Å². The summed E-state index contributed by atoms with van der Waals surface area (Å²) in [5.41, 5.74) is 0.842. The van der Waals surface area contributed by atoms with Crippen LogP contribution in [0.3, 0.4) is 0 Å². The summed E-state index contributed by atoms with van der Waals surface area (Å²) in [6, 6.07) is 0. The van der Waals surface area contributed by atoms with Crippen molar-refractivity contribution in [3.63, 3.8) is 0 Å². The summed E-state index contributed by atoms with van der Waals surface area (Å²) in [6.45, 7) is 8.12. The van der Waals surface area contributed by atoms with Crippen molar-refractivity contribution in [3.8, 4) is 0 Å². The number of ether oxygens (including phenoxy) is 1. The van der Waals surface area contributed by atoms with Crippen LogP contribution in [0.2, 0.25) is 0 Å². The number of hydrogen-bond acceptors (Lipinski definition) is 2. The molecule has 0 bridgehead atoms. The van der Waals surface area contributed by atoms with E-state index in [1.54, 1.807) is 0 Å². The van der Waals surface area contributed by atoms with Crippen molar-refractivity contribution in [3.05, 3.63) is 0 Å². The lowest BCUT2D eigenvalue weighted by atomic mass is 9.71. The van der Waals surface area contributed by atoms with Crippen LogP contribution in [0.15, 0.2) is 0 Å². The zero-order chi connectivity index (χ0) is 13.9. The van der Waals surface area contributed by atoms with Crippen LogP contribution >= 0.6 is 12.6 Å². The van der Waals surface area contributed by atoms with Crippen molar-refractivity contribution in [1.29, 1.82) is 0 Å². The first-order valence-corrected chi connectivity index (χ1v) is 8.80. The molecule has 19 heavy (non-hydrogen) atoms. The van der Waals surface area contributed by atoms with Gasteiger partial charge in [0.2, 0.25) is 0 Å². The second kappa shape index (κ2) is 6.39. The van der Waals surface area contributed by atoms with Gasteiger partial charge in [-0.25, -0.2) is 0 Å². The quantitative estimate of drug-likeness (QED) is 0.707. The van der Waals surface area contributed by atoms with Crippen LogP contribution in [0.1, 0.15) is 72.1 Å². The van der Waals surface area contributed by atoms with Gasteiger partial charge in [-0.1, -0.05) is 40.0 Å². The molecule has 112 valence electrons. The van der Waals surface area contributed by atoms with Crippen LogP contribution in [0.5, 0.6) is 0 Å². The molecule has 0 amide bonds. The highest BCUT2D eigenvalue weighted by Crippen LogP contribution is 2.42. The minimum absolute atomic E-state index is 0.381. The summed E-state index contributed by atoms with van der Waals surface area (Å²) in [5.74, 6) is 1.81. The third kappa shape index (κ3) is 4.39. The highest BCUT2D eigenvalue weighted by molar-refractivity contribution is 7.80. The summed E-state index contributed by atoms with van der Waals surface area (Å²) in [7, 11) is 0. The zero-order valence-corrected chi connectivity index (χ0v) is 14.0. The number of rotatable bonds is 4. The largest absolute Gasteiger partial charge is 0.378 e. The summed E-state index contributed by atoms with van der Waals surface area (Å²) in [6.07, 6.45) is 11.1. The summed E-state index contributed by atoms with van der Waals surface area (Å²) in [4.78, 5) is 0. The molecule has 0 N–H and O–H groups in total. The molecule has 1 nitrogen and oxygen atoms in total. The van der Waals surface area contributed by atoms with E-state index >= 15 is 0 Å². The van der Waals surface area contributed by atoms with Crippen LogP contribution in [0.25, 0.3) is 0 Å². The topological polar surface area (TPSA) is 9.23 Å². The molecule has 0 aromatic rings. The zero-order valence-electron chi connectivity index (χ0n) is 13.1. The van der Waals surface area contributed by atoms with Crippen molar-refractivity contribution in [1.82, 2.24) is 0 Å². The Morgan fingerprint density at radius 1 is 1.11 bits per heavy atom. The average Bonchev–Trinajstić information content (AvgIpc) is 2.35. The molecular formula is C17H32OS. The van der Waals surface area contributed by atoms with Gasteiger partial charge in [0.05, 0.1) is 12.7 Å². The predicted molar refractivity (Wildman–Crippen MR) is 85.9 cm³/mol. The molecule has 2 rings (SSSR count). The first-order chi connectivity index (χ1) is 8.95. The van der Waals surface area contributed by atoms with Gasteiger partial charge < -0.3 is 4.74 Å². The normalized spacial score (nSPS) is 34.1. The van der Waals surface area contributed by atoms with E-state index in [2.05, 4.69) is 33.4 Å². The van der Waals surface area contributed by atoms with Crippen molar-refractivity contribution in [2.45, 2.75) is 78.2 Å². The fourth-order valence-corrected chi connectivity index (χ4v) is 4.74. The van der Waals surface area contributed by atoms with Gasteiger partial charge in [0.25, 0.3) is 0 Å². The number of hydrogen-bond donors (Lipinski definition) is 1. The molecule has 0 aromatic carbocycles. The lowest BCUT2D eigenvalue weighted by Crippen LogP contribution is -2.37. The summed E-state index contributed by atoms with van der Waals surface area (Å²) >= 11 is 4.62. The number of thiol groups is 1. The monoisotopic (exact) mass is 284 g/mol. The van der Waals surface area contributed by atoms with Crippen LogP contribution in [0, 0.1) is 16.7 Å². The smallest absolute Gasteiger partial charge is 0.0583 e. The molecule has 2 heteroatoms. The van der Waals surface area contributed by atoms with Crippen LogP contribution in [0.4, 0.5) is 0 Å². The van der Waals surface area contributed by atoms with E-state index in [1.807, 2.05) is 0 Å². The van der Waals surface area contributed by atoms with Crippen molar-refractivity contribution in [2.24, 2.45) is 16.7 Å². The molecular weight excluding hydrogens is 252 g/mol. The molecule has 0 heterocycles. The van der Waals surface area contributed by atoms with Crippen LogP contribution < -0.4 is 0 Å². The third-order valence-electron chi connectivity index (χ3n) is 5.22. The Labute approximate surface area is 125 Å². The standard InChI is InChI=1S/C17H32OS/c1-14-9-15(11-16(2,3)10-14)18-12-17(13-19)7-5-4-6-8-17/h14-15,19H,4-13H2,1-3H3. The summed E-state index contributed by atoms with van der Waals surface area (Å²) in [5, 5.41) is 0. The van der Waals surface area contributed by atoms with Gasteiger partial charge in [-0.05, 0) is 49.2 Å². The van der Waals surface area contributed by atoms with E-state index in [9.17, 15) is 0 Å². The molecule has 0 radical (unpaired) electrons. The Balaban J connectivity index is 1.86. The average molecular weight is 285 g/mol. The molecule has 2 saturated carbocycles. The SMILES string of the molecule is CC1CC(OCC2(CS)CCCCC2)CC(C)(C)C1. The maximum atomic E-state index is 6.37. The Hall–Kier alpha value is 0.310. The molecule has 0 spiro atoms. The van der Waals surface area contributed by atoms with Crippen LogP contribution in [-0.2, 0) is 4.74 Å². The first kappa shape index (κ1) is 15.7. The van der Waals surface area contributed by atoms with Crippen LogP contribution in [-0.4, -0.2) is 18.5 Å². The van der Waals surface area contributed by atoms with Gasteiger partial charge in [-0.15, -0.1) is 0 Å². The van der Waals surface area contributed by atoms with Gasteiger partial charge in [0.1, 0.15) is 0 Å². The Bertz CT molecular complexity index is 281. The highest BCUT2D eigenvalue weighted by Gasteiger charge is 2.36. The second-order valence-corrected chi connectivity index (χ2v) is 8.38.